The first kappa shape index (κ1) is 15.8. The molecule has 0 bridgehead atoms. The van der Waals surface area contributed by atoms with Gasteiger partial charge in [0, 0.05) is 19.5 Å². The molecule has 1 aromatic rings. The summed E-state index contributed by atoms with van der Waals surface area (Å²) in [7, 11) is -1.99. The highest BCUT2D eigenvalue weighted by Crippen LogP contribution is 2.32. The lowest BCUT2D eigenvalue weighted by atomic mass is 10.2. The SMILES string of the molecule is COc1ccc(S(=O)(=O)N(CCC#N)CC2CC2)cc1C. The number of rotatable bonds is 7. The van der Waals surface area contributed by atoms with Crippen molar-refractivity contribution in [3.63, 3.8) is 0 Å². The Hall–Kier alpha value is -1.58. The Morgan fingerprint density at radius 3 is 2.67 bits per heavy atom. The fraction of sp³-hybridized carbons (Fsp3) is 0.533. The fourth-order valence-electron chi connectivity index (χ4n) is 2.23. The van der Waals surface area contributed by atoms with E-state index in [1.165, 1.54) is 4.31 Å². The normalized spacial score (nSPS) is 15.0. The van der Waals surface area contributed by atoms with Crippen LogP contribution in [0.3, 0.4) is 0 Å². The van der Waals surface area contributed by atoms with Gasteiger partial charge in [-0.05, 0) is 49.4 Å². The molecule has 1 saturated carbocycles. The van der Waals surface area contributed by atoms with E-state index < -0.39 is 10.0 Å². The van der Waals surface area contributed by atoms with E-state index >= 15 is 0 Å². The number of benzene rings is 1. The van der Waals surface area contributed by atoms with Crippen LogP contribution in [0.5, 0.6) is 5.75 Å². The monoisotopic (exact) mass is 308 g/mol. The van der Waals surface area contributed by atoms with Gasteiger partial charge < -0.3 is 4.74 Å². The van der Waals surface area contributed by atoms with E-state index in [0.29, 0.717) is 18.2 Å². The van der Waals surface area contributed by atoms with Crippen molar-refractivity contribution in [1.82, 2.24) is 4.31 Å². The molecule has 0 aromatic heterocycles. The number of hydrogen-bond donors (Lipinski definition) is 0. The number of ether oxygens (including phenoxy) is 1. The smallest absolute Gasteiger partial charge is 0.243 e. The van der Waals surface area contributed by atoms with E-state index in [2.05, 4.69) is 0 Å². The number of sulfonamides is 1. The summed E-state index contributed by atoms with van der Waals surface area (Å²) in [6.07, 6.45) is 2.35. The fourth-order valence-corrected chi connectivity index (χ4v) is 3.84. The van der Waals surface area contributed by atoms with Crippen molar-refractivity contribution in [2.75, 3.05) is 20.2 Å². The third-order valence-electron chi connectivity index (χ3n) is 3.64. The molecule has 0 unspecified atom stereocenters. The van der Waals surface area contributed by atoms with Gasteiger partial charge in [0.15, 0.2) is 0 Å². The highest BCUT2D eigenvalue weighted by atomic mass is 32.2. The van der Waals surface area contributed by atoms with Gasteiger partial charge in [-0.2, -0.15) is 9.57 Å². The molecule has 0 spiro atoms. The number of hydrogen-bond acceptors (Lipinski definition) is 4. The minimum absolute atomic E-state index is 0.209. The van der Waals surface area contributed by atoms with Crippen LogP contribution in [-0.4, -0.2) is 32.9 Å². The first-order valence-electron chi connectivity index (χ1n) is 7.00. The zero-order chi connectivity index (χ0) is 15.5. The van der Waals surface area contributed by atoms with E-state index in [0.717, 1.165) is 18.4 Å². The van der Waals surface area contributed by atoms with Crippen LogP contribution in [0.25, 0.3) is 0 Å². The second-order valence-corrected chi connectivity index (χ2v) is 7.28. The van der Waals surface area contributed by atoms with Crippen molar-refractivity contribution in [2.45, 2.75) is 31.1 Å². The van der Waals surface area contributed by atoms with Crippen LogP contribution in [0, 0.1) is 24.2 Å². The molecule has 1 aliphatic rings. The van der Waals surface area contributed by atoms with Crippen LogP contribution in [0.1, 0.15) is 24.8 Å². The standard InChI is InChI=1S/C15H20N2O3S/c1-12-10-14(6-7-15(12)20-2)21(18,19)17(9-3-8-16)11-13-4-5-13/h6-7,10,13H,3-5,9,11H2,1-2H3. The van der Waals surface area contributed by atoms with E-state index in [1.54, 1.807) is 25.3 Å². The molecule has 114 valence electrons. The Labute approximate surface area is 126 Å². The molecular weight excluding hydrogens is 288 g/mol. The third kappa shape index (κ3) is 3.74. The van der Waals surface area contributed by atoms with Crippen LogP contribution >= 0.6 is 0 Å². The largest absolute Gasteiger partial charge is 0.496 e. The zero-order valence-corrected chi connectivity index (χ0v) is 13.2. The minimum atomic E-state index is -3.55. The van der Waals surface area contributed by atoms with Gasteiger partial charge in [-0.3, -0.25) is 0 Å². The average Bonchev–Trinajstić information content (AvgIpc) is 3.27. The van der Waals surface area contributed by atoms with Crippen molar-refractivity contribution in [2.24, 2.45) is 5.92 Å². The molecule has 6 heteroatoms. The van der Waals surface area contributed by atoms with Gasteiger partial charge in [0.05, 0.1) is 18.1 Å². The van der Waals surface area contributed by atoms with Gasteiger partial charge in [-0.15, -0.1) is 0 Å². The Kier molecular flexibility index (Phi) is 4.86. The number of methoxy groups -OCH3 is 1. The Morgan fingerprint density at radius 2 is 2.14 bits per heavy atom. The summed E-state index contributed by atoms with van der Waals surface area (Å²) in [5.41, 5.74) is 0.783. The van der Waals surface area contributed by atoms with Crippen LogP contribution < -0.4 is 4.74 Å². The number of aryl methyl sites for hydroxylation is 1. The second kappa shape index (κ2) is 6.46. The van der Waals surface area contributed by atoms with Gasteiger partial charge in [0.25, 0.3) is 0 Å². The van der Waals surface area contributed by atoms with Gasteiger partial charge in [0.2, 0.25) is 10.0 Å². The lowest BCUT2D eigenvalue weighted by Gasteiger charge is -2.21. The Bertz CT molecular complexity index is 645. The molecular formula is C15H20N2O3S. The summed E-state index contributed by atoms with van der Waals surface area (Å²) in [4.78, 5) is 0.263. The van der Waals surface area contributed by atoms with E-state index in [4.69, 9.17) is 10.00 Å². The maximum Gasteiger partial charge on any atom is 0.243 e. The molecule has 0 amide bonds. The minimum Gasteiger partial charge on any atom is -0.496 e. The predicted molar refractivity (Wildman–Crippen MR) is 79.4 cm³/mol. The van der Waals surface area contributed by atoms with Crippen LogP contribution in [0.4, 0.5) is 0 Å². The van der Waals surface area contributed by atoms with Gasteiger partial charge in [-0.1, -0.05) is 0 Å². The lowest BCUT2D eigenvalue weighted by molar-refractivity contribution is 0.401. The van der Waals surface area contributed by atoms with Gasteiger partial charge in [-0.25, -0.2) is 8.42 Å². The molecule has 0 radical (unpaired) electrons. The third-order valence-corrected chi connectivity index (χ3v) is 5.50. The van der Waals surface area contributed by atoms with Crippen LogP contribution in [0.2, 0.25) is 0 Å². The molecule has 1 fully saturated rings. The first-order valence-corrected chi connectivity index (χ1v) is 8.44. The van der Waals surface area contributed by atoms with E-state index in [9.17, 15) is 8.42 Å². The first-order chi connectivity index (χ1) is 9.98. The number of nitriles is 1. The average molecular weight is 308 g/mol. The van der Waals surface area contributed by atoms with Crippen LogP contribution in [0.15, 0.2) is 23.1 Å². The van der Waals surface area contributed by atoms with Crippen LogP contribution in [-0.2, 0) is 10.0 Å². The van der Waals surface area contributed by atoms with Crippen molar-refractivity contribution in [1.29, 1.82) is 5.26 Å². The van der Waals surface area contributed by atoms with E-state index in [-0.39, 0.29) is 17.9 Å². The molecule has 21 heavy (non-hydrogen) atoms. The summed E-state index contributed by atoms with van der Waals surface area (Å²) < 4.78 is 32.1. The van der Waals surface area contributed by atoms with Crippen molar-refractivity contribution in [3.8, 4) is 11.8 Å². The molecule has 0 saturated heterocycles. The molecule has 1 aromatic carbocycles. The zero-order valence-electron chi connectivity index (χ0n) is 12.4. The topological polar surface area (TPSA) is 70.4 Å². The molecule has 0 atom stereocenters. The lowest BCUT2D eigenvalue weighted by Crippen LogP contribution is -2.33. The summed E-state index contributed by atoms with van der Waals surface area (Å²) in [5.74, 6) is 1.11. The highest BCUT2D eigenvalue weighted by Gasteiger charge is 2.31. The Balaban J connectivity index is 2.27. The molecule has 1 aliphatic carbocycles. The summed E-state index contributed by atoms with van der Waals surface area (Å²) in [6, 6.07) is 6.88. The maximum absolute atomic E-state index is 12.7. The highest BCUT2D eigenvalue weighted by molar-refractivity contribution is 7.89. The summed E-state index contributed by atoms with van der Waals surface area (Å²) in [6.45, 7) is 2.58. The van der Waals surface area contributed by atoms with Gasteiger partial charge in [0.1, 0.15) is 5.75 Å². The molecule has 0 aliphatic heterocycles. The molecule has 5 nitrogen and oxygen atoms in total. The second-order valence-electron chi connectivity index (χ2n) is 5.35. The van der Waals surface area contributed by atoms with E-state index in [1.807, 2.05) is 13.0 Å². The number of nitrogens with zero attached hydrogens (tertiary/aromatic N) is 2. The quantitative estimate of drug-likeness (QED) is 0.775. The van der Waals surface area contributed by atoms with Crippen molar-refractivity contribution in [3.05, 3.63) is 23.8 Å². The molecule has 0 heterocycles. The van der Waals surface area contributed by atoms with Crippen molar-refractivity contribution < 1.29 is 13.2 Å². The maximum atomic E-state index is 12.7. The molecule has 2 rings (SSSR count). The predicted octanol–water partition coefficient (Wildman–Crippen LogP) is 2.32. The Morgan fingerprint density at radius 1 is 1.43 bits per heavy atom. The molecule has 0 N–H and O–H groups in total. The van der Waals surface area contributed by atoms with Gasteiger partial charge >= 0.3 is 0 Å². The summed E-state index contributed by atoms with van der Waals surface area (Å²) >= 11 is 0. The van der Waals surface area contributed by atoms with Crippen molar-refractivity contribution >= 4 is 10.0 Å². The summed E-state index contributed by atoms with van der Waals surface area (Å²) in [5, 5.41) is 8.73.